The monoisotopic (exact) mass is 211 g/mol. The molecular formula is C8H18ClNO3. The Morgan fingerprint density at radius 2 is 2.00 bits per heavy atom. The molecule has 0 saturated carbocycles. The van der Waals surface area contributed by atoms with Crippen LogP contribution in [0.25, 0.3) is 0 Å². The van der Waals surface area contributed by atoms with Crippen LogP contribution in [0.1, 0.15) is 27.2 Å². The number of hydrogen-bond acceptors (Lipinski definition) is 4. The van der Waals surface area contributed by atoms with Gasteiger partial charge >= 0.3 is 5.97 Å². The highest BCUT2D eigenvalue weighted by Gasteiger charge is 2.22. The van der Waals surface area contributed by atoms with Crippen molar-refractivity contribution in [1.29, 1.82) is 0 Å². The molecule has 0 aliphatic rings. The highest BCUT2D eigenvalue weighted by atomic mass is 35.5. The Morgan fingerprint density at radius 3 is 2.31 bits per heavy atom. The Morgan fingerprint density at radius 1 is 1.54 bits per heavy atom. The van der Waals surface area contributed by atoms with Gasteiger partial charge in [0.15, 0.2) is 0 Å². The molecule has 0 aliphatic heterocycles. The average Bonchev–Trinajstić information content (AvgIpc) is 2.00. The summed E-state index contributed by atoms with van der Waals surface area (Å²) in [6.45, 7) is 5.24. The molecule has 0 bridgehead atoms. The van der Waals surface area contributed by atoms with Crippen LogP contribution in [0.5, 0.6) is 0 Å². The van der Waals surface area contributed by atoms with E-state index >= 15 is 0 Å². The molecule has 0 saturated heterocycles. The molecule has 0 rings (SSSR count). The van der Waals surface area contributed by atoms with Crippen LogP contribution in [0, 0.1) is 0 Å². The molecule has 0 aromatic heterocycles. The van der Waals surface area contributed by atoms with Gasteiger partial charge < -0.3 is 15.6 Å². The summed E-state index contributed by atoms with van der Waals surface area (Å²) >= 11 is 0. The number of aliphatic hydroxyl groups excluding tert-OH is 1. The van der Waals surface area contributed by atoms with Gasteiger partial charge in [0.05, 0.1) is 12.2 Å². The lowest BCUT2D eigenvalue weighted by molar-refractivity contribution is -0.151. The van der Waals surface area contributed by atoms with Crippen LogP contribution in [-0.4, -0.2) is 29.3 Å². The van der Waals surface area contributed by atoms with Crippen molar-refractivity contribution >= 4 is 18.4 Å². The first-order valence-corrected chi connectivity index (χ1v) is 4.13. The SMILES string of the molecule is CC[C@H](O)[C@H](N)C(=O)OC(C)C.Cl. The van der Waals surface area contributed by atoms with Gasteiger partial charge in [-0.2, -0.15) is 0 Å². The van der Waals surface area contributed by atoms with Crippen molar-refractivity contribution < 1.29 is 14.6 Å². The van der Waals surface area contributed by atoms with Crippen LogP contribution in [0.3, 0.4) is 0 Å². The fraction of sp³-hybridized carbons (Fsp3) is 0.875. The number of ether oxygens (including phenoxy) is 1. The number of rotatable bonds is 4. The zero-order valence-electron chi connectivity index (χ0n) is 8.19. The molecule has 0 spiro atoms. The van der Waals surface area contributed by atoms with E-state index in [0.717, 1.165) is 0 Å². The fourth-order valence-electron chi connectivity index (χ4n) is 0.722. The zero-order chi connectivity index (χ0) is 9.72. The minimum atomic E-state index is -0.919. The van der Waals surface area contributed by atoms with E-state index < -0.39 is 18.1 Å². The van der Waals surface area contributed by atoms with Crippen molar-refractivity contribution in [2.75, 3.05) is 0 Å². The summed E-state index contributed by atoms with van der Waals surface area (Å²) in [5.74, 6) is -0.542. The fourth-order valence-corrected chi connectivity index (χ4v) is 0.722. The molecule has 4 nitrogen and oxygen atoms in total. The lowest BCUT2D eigenvalue weighted by atomic mass is 10.1. The summed E-state index contributed by atoms with van der Waals surface area (Å²) < 4.78 is 4.81. The summed E-state index contributed by atoms with van der Waals surface area (Å²) in [6, 6.07) is -0.919. The third-order valence-electron chi connectivity index (χ3n) is 1.46. The van der Waals surface area contributed by atoms with Crippen LogP contribution >= 0.6 is 12.4 Å². The number of nitrogens with two attached hydrogens (primary N) is 1. The van der Waals surface area contributed by atoms with E-state index in [-0.39, 0.29) is 18.5 Å². The molecule has 13 heavy (non-hydrogen) atoms. The molecule has 5 heteroatoms. The number of hydrogen-bond donors (Lipinski definition) is 2. The third kappa shape index (κ3) is 5.85. The summed E-state index contributed by atoms with van der Waals surface area (Å²) in [7, 11) is 0. The number of aliphatic hydroxyl groups is 1. The Hall–Kier alpha value is -0.320. The first kappa shape index (κ1) is 15.2. The third-order valence-corrected chi connectivity index (χ3v) is 1.46. The van der Waals surface area contributed by atoms with E-state index in [1.54, 1.807) is 20.8 Å². The van der Waals surface area contributed by atoms with E-state index in [1.807, 2.05) is 0 Å². The second kappa shape index (κ2) is 7.12. The minimum Gasteiger partial charge on any atom is -0.462 e. The second-order valence-electron chi connectivity index (χ2n) is 2.99. The maximum atomic E-state index is 11.0. The van der Waals surface area contributed by atoms with Crippen molar-refractivity contribution in [3.63, 3.8) is 0 Å². The van der Waals surface area contributed by atoms with Crippen molar-refractivity contribution in [2.24, 2.45) is 5.73 Å². The van der Waals surface area contributed by atoms with Crippen molar-refractivity contribution in [1.82, 2.24) is 0 Å². The molecule has 0 fully saturated rings. The number of halogens is 1. The van der Waals surface area contributed by atoms with Crippen LogP contribution in [0.15, 0.2) is 0 Å². The molecule has 3 N–H and O–H groups in total. The van der Waals surface area contributed by atoms with Gasteiger partial charge in [0, 0.05) is 0 Å². The lowest BCUT2D eigenvalue weighted by Gasteiger charge is -2.17. The van der Waals surface area contributed by atoms with Gasteiger partial charge in [-0.3, -0.25) is 4.79 Å². The van der Waals surface area contributed by atoms with Crippen molar-refractivity contribution in [3.05, 3.63) is 0 Å². The molecule has 0 aliphatic carbocycles. The molecule has 0 aromatic carbocycles. The number of carbonyl (C=O) groups is 1. The van der Waals surface area contributed by atoms with Crippen molar-refractivity contribution in [2.45, 2.75) is 45.4 Å². The van der Waals surface area contributed by atoms with Crippen LogP contribution < -0.4 is 5.73 Å². The Bertz CT molecular complexity index is 152. The molecule has 0 radical (unpaired) electrons. The Kier molecular flexibility index (Phi) is 8.30. The number of esters is 1. The predicted octanol–water partition coefficient (Wildman–Crippen LogP) is 0.458. The summed E-state index contributed by atoms with van der Waals surface area (Å²) in [5.41, 5.74) is 5.40. The molecule has 0 aromatic rings. The van der Waals surface area contributed by atoms with E-state index in [2.05, 4.69) is 0 Å². The summed E-state index contributed by atoms with van der Waals surface area (Å²) in [4.78, 5) is 11.0. The van der Waals surface area contributed by atoms with Gasteiger partial charge in [-0.15, -0.1) is 12.4 Å². The van der Waals surface area contributed by atoms with E-state index in [4.69, 9.17) is 10.5 Å². The largest absolute Gasteiger partial charge is 0.462 e. The van der Waals surface area contributed by atoms with Crippen LogP contribution in [-0.2, 0) is 9.53 Å². The predicted molar refractivity (Wildman–Crippen MR) is 52.7 cm³/mol. The molecule has 0 heterocycles. The van der Waals surface area contributed by atoms with Gasteiger partial charge in [-0.1, -0.05) is 6.92 Å². The second-order valence-corrected chi connectivity index (χ2v) is 2.99. The van der Waals surface area contributed by atoms with Gasteiger partial charge in [0.1, 0.15) is 6.04 Å². The maximum Gasteiger partial charge on any atom is 0.325 e. The summed E-state index contributed by atoms with van der Waals surface area (Å²) in [5, 5.41) is 9.18. The van der Waals surface area contributed by atoms with E-state index in [1.165, 1.54) is 0 Å². The molecule has 0 unspecified atom stereocenters. The highest BCUT2D eigenvalue weighted by Crippen LogP contribution is 2.00. The topological polar surface area (TPSA) is 72.5 Å². The van der Waals surface area contributed by atoms with Crippen molar-refractivity contribution in [3.8, 4) is 0 Å². The van der Waals surface area contributed by atoms with E-state index in [0.29, 0.717) is 6.42 Å². The average molecular weight is 212 g/mol. The van der Waals surface area contributed by atoms with Crippen LogP contribution in [0.4, 0.5) is 0 Å². The van der Waals surface area contributed by atoms with E-state index in [9.17, 15) is 9.90 Å². The quantitative estimate of drug-likeness (QED) is 0.663. The van der Waals surface area contributed by atoms with Crippen LogP contribution in [0.2, 0.25) is 0 Å². The van der Waals surface area contributed by atoms with Gasteiger partial charge in [0.2, 0.25) is 0 Å². The van der Waals surface area contributed by atoms with Gasteiger partial charge in [0.25, 0.3) is 0 Å². The lowest BCUT2D eigenvalue weighted by Crippen LogP contribution is -2.43. The molecule has 0 amide bonds. The van der Waals surface area contributed by atoms with Gasteiger partial charge in [-0.25, -0.2) is 0 Å². The zero-order valence-corrected chi connectivity index (χ0v) is 9.00. The maximum absolute atomic E-state index is 11.0. The normalized spacial score (nSPS) is 14.6. The Balaban J connectivity index is 0. The smallest absolute Gasteiger partial charge is 0.325 e. The van der Waals surface area contributed by atoms with Gasteiger partial charge in [-0.05, 0) is 20.3 Å². The molecular weight excluding hydrogens is 194 g/mol. The first-order chi connectivity index (χ1) is 5.49. The number of carbonyl (C=O) groups excluding carboxylic acids is 1. The molecule has 80 valence electrons. The molecule has 2 atom stereocenters. The highest BCUT2D eigenvalue weighted by molar-refractivity contribution is 5.85. The summed E-state index contributed by atoms with van der Waals surface area (Å²) in [6.07, 6.45) is -0.544. The first-order valence-electron chi connectivity index (χ1n) is 4.13. The Labute approximate surface area is 84.9 Å². The minimum absolute atomic E-state index is 0. The standard InChI is InChI=1S/C8H17NO3.ClH/c1-4-6(10)7(9)8(11)12-5(2)3;/h5-7,10H,4,9H2,1-3H3;1H/t6-,7-;/m0./s1.